The highest BCUT2D eigenvalue weighted by Crippen LogP contribution is 2.12. The summed E-state index contributed by atoms with van der Waals surface area (Å²) in [7, 11) is 0. The van der Waals surface area contributed by atoms with Gasteiger partial charge in [-0.1, -0.05) is 29.3 Å². The molecular formula is C16H17NO2. The highest BCUT2D eigenvalue weighted by molar-refractivity contribution is 5.89. The van der Waals surface area contributed by atoms with E-state index in [1.165, 1.54) is 11.1 Å². The van der Waals surface area contributed by atoms with Gasteiger partial charge in [-0.05, 0) is 43.7 Å². The highest BCUT2D eigenvalue weighted by atomic mass is 16.5. The second kappa shape index (κ2) is 5.57. The maximum Gasteiger partial charge on any atom is 0.338 e. The minimum atomic E-state index is -0.334. The number of carbonyl (C=O) groups is 1. The van der Waals surface area contributed by atoms with Crippen LogP contribution >= 0.6 is 0 Å². The fourth-order valence-corrected chi connectivity index (χ4v) is 2.00. The summed E-state index contributed by atoms with van der Waals surface area (Å²) in [6.07, 6.45) is 0. The van der Waals surface area contributed by atoms with Crippen LogP contribution in [0.1, 0.15) is 27.0 Å². The lowest BCUT2D eigenvalue weighted by molar-refractivity contribution is 0.0472. The van der Waals surface area contributed by atoms with E-state index in [1.54, 1.807) is 24.3 Å². The molecule has 0 aliphatic carbocycles. The Morgan fingerprint density at radius 2 is 1.63 bits per heavy atom. The van der Waals surface area contributed by atoms with E-state index in [9.17, 15) is 4.79 Å². The number of hydrogen-bond donors (Lipinski definition) is 1. The molecule has 0 unspecified atom stereocenters. The van der Waals surface area contributed by atoms with Gasteiger partial charge in [-0.25, -0.2) is 4.79 Å². The third-order valence-corrected chi connectivity index (χ3v) is 2.80. The third-order valence-electron chi connectivity index (χ3n) is 2.80. The molecule has 98 valence electrons. The number of carbonyl (C=O) groups excluding carboxylic acids is 1. The molecule has 2 aromatic carbocycles. The molecule has 0 fully saturated rings. The number of aryl methyl sites for hydroxylation is 2. The average molecular weight is 255 g/mol. The monoisotopic (exact) mass is 255 g/mol. The van der Waals surface area contributed by atoms with Crippen LogP contribution < -0.4 is 5.73 Å². The normalized spacial score (nSPS) is 10.2. The Labute approximate surface area is 113 Å². The molecule has 0 amide bonds. The lowest BCUT2D eigenvalue weighted by Crippen LogP contribution is -2.05. The summed E-state index contributed by atoms with van der Waals surface area (Å²) in [5.41, 5.74) is 10.0. The number of esters is 1. The smallest absolute Gasteiger partial charge is 0.338 e. The van der Waals surface area contributed by atoms with Crippen LogP contribution in [-0.2, 0) is 11.3 Å². The van der Waals surface area contributed by atoms with E-state index in [1.807, 2.05) is 26.0 Å². The first-order valence-electron chi connectivity index (χ1n) is 6.14. The largest absolute Gasteiger partial charge is 0.457 e. The zero-order chi connectivity index (χ0) is 13.8. The Morgan fingerprint density at radius 1 is 1.05 bits per heavy atom. The van der Waals surface area contributed by atoms with Gasteiger partial charge >= 0.3 is 5.97 Å². The third kappa shape index (κ3) is 3.58. The van der Waals surface area contributed by atoms with E-state index in [2.05, 4.69) is 6.07 Å². The Kier molecular flexibility index (Phi) is 3.85. The Morgan fingerprint density at radius 3 is 2.21 bits per heavy atom. The van der Waals surface area contributed by atoms with Crippen LogP contribution in [0.5, 0.6) is 0 Å². The van der Waals surface area contributed by atoms with Crippen molar-refractivity contribution in [2.75, 3.05) is 5.73 Å². The molecule has 0 spiro atoms. The fraction of sp³-hybridized carbons (Fsp3) is 0.188. The molecule has 2 rings (SSSR count). The van der Waals surface area contributed by atoms with Crippen LogP contribution in [0, 0.1) is 13.8 Å². The van der Waals surface area contributed by atoms with Crippen LogP contribution in [0.4, 0.5) is 5.69 Å². The van der Waals surface area contributed by atoms with Crippen molar-refractivity contribution in [1.29, 1.82) is 0 Å². The first-order valence-corrected chi connectivity index (χ1v) is 6.14. The van der Waals surface area contributed by atoms with Gasteiger partial charge in [-0.3, -0.25) is 0 Å². The van der Waals surface area contributed by atoms with E-state index in [-0.39, 0.29) is 12.6 Å². The van der Waals surface area contributed by atoms with Gasteiger partial charge in [-0.2, -0.15) is 0 Å². The Hall–Kier alpha value is -2.29. The molecule has 0 heterocycles. The Balaban J connectivity index is 2.02. The number of nitrogens with two attached hydrogens (primary N) is 1. The number of nitrogen functional groups attached to an aromatic ring is 1. The molecule has 0 aromatic heterocycles. The maximum atomic E-state index is 11.8. The van der Waals surface area contributed by atoms with E-state index >= 15 is 0 Å². The highest BCUT2D eigenvalue weighted by Gasteiger charge is 2.07. The zero-order valence-electron chi connectivity index (χ0n) is 11.1. The van der Waals surface area contributed by atoms with Crippen molar-refractivity contribution in [2.45, 2.75) is 20.5 Å². The molecule has 0 bridgehead atoms. The molecule has 0 aliphatic rings. The summed E-state index contributed by atoms with van der Waals surface area (Å²) in [6, 6.07) is 12.8. The zero-order valence-corrected chi connectivity index (χ0v) is 11.1. The molecule has 0 radical (unpaired) electrons. The van der Waals surface area contributed by atoms with Crippen molar-refractivity contribution >= 4 is 11.7 Å². The second-order valence-electron chi connectivity index (χ2n) is 4.69. The van der Waals surface area contributed by atoms with Crippen molar-refractivity contribution in [3.63, 3.8) is 0 Å². The molecular weight excluding hydrogens is 238 g/mol. The number of hydrogen-bond acceptors (Lipinski definition) is 3. The van der Waals surface area contributed by atoms with Crippen LogP contribution in [0.25, 0.3) is 0 Å². The van der Waals surface area contributed by atoms with Crippen LogP contribution in [0.3, 0.4) is 0 Å². The molecule has 3 heteroatoms. The summed E-state index contributed by atoms with van der Waals surface area (Å²) in [5, 5.41) is 0. The molecule has 0 saturated carbocycles. The number of benzene rings is 2. The molecule has 0 aliphatic heterocycles. The number of anilines is 1. The molecule has 2 N–H and O–H groups in total. The van der Waals surface area contributed by atoms with Crippen molar-refractivity contribution in [3.8, 4) is 0 Å². The minimum absolute atomic E-state index is 0.283. The van der Waals surface area contributed by atoms with Gasteiger partial charge in [0.1, 0.15) is 6.61 Å². The summed E-state index contributed by atoms with van der Waals surface area (Å²) in [4.78, 5) is 11.8. The standard InChI is InChI=1S/C16H17NO2/c1-11-7-12(2)9-13(8-11)10-19-16(18)14-3-5-15(17)6-4-14/h3-9H,10,17H2,1-2H3. The molecule has 2 aromatic rings. The summed E-state index contributed by atoms with van der Waals surface area (Å²) in [6.45, 7) is 4.34. The number of rotatable bonds is 3. The number of ether oxygens (including phenoxy) is 1. The van der Waals surface area contributed by atoms with Gasteiger partial charge in [0.15, 0.2) is 0 Å². The predicted octanol–water partition coefficient (Wildman–Crippen LogP) is 3.24. The maximum absolute atomic E-state index is 11.8. The topological polar surface area (TPSA) is 52.3 Å². The van der Waals surface area contributed by atoms with Crippen LogP contribution in [0.2, 0.25) is 0 Å². The van der Waals surface area contributed by atoms with Crippen molar-refractivity contribution < 1.29 is 9.53 Å². The lowest BCUT2D eigenvalue weighted by Gasteiger charge is -2.07. The van der Waals surface area contributed by atoms with Gasteiger partial charge in [0.2, 0.25) is 0 Å². The predicted molar refractivity (Wildman–Crippen MR) is 75.9 cm³/mol. The van der Waals surface area contributed by atoms with Crippen molar-refractivity contribution in [3.05, 3.63) is 64.7 Å². The summed E-state index contributed by atoms with van der Waals surface area (Å²) >= 11 is 0. The first kappa shape index (κ1) is 13.1. The molecule has 0 atom stereocenters. The van der Waals surface area contributed by atoms with Gasteiger partial charge in [0.05, 0.1) is 5.56 Å². The Bertz CT molecular complexity index is 568. The lowest BCUT2D eigenvalue weighted by atomic mass is 10.1. The van der Waals surface area contributed by atoms with Gasteiger partial charge in [0.25, 0.3) is 0 Å². The van der Waals surface area contributed by atoms with E-state index in [0.717, 1.165) is 5.56 Å². The molecule has 0 saturated heterocycles. The minimum Gasteiger partial charge on any atom is -0.457 e. The van der Waals surface area contributed by atoms with E-state index < -0.39 is 0 Å². The van der Waals surface area contributed by atoms with Crippen molar-refractivity contribution in [1.82, 2.24) is 0 Å². The van der Waals surface area contributed by atoms with Crippen molar-refractivity contribution in [2.24, 2.45) is 0 Å². The SMILES string of the molecule is Cc1cc(C)cc(COC(=O)c2ccc(N)cc2)c1. The average Bonchev–Trinajstić information content (AvgIpc) is 2.36. The fourth-order valence-electron chi connectivity index (χ4n) is 2.00. The van der Waals surface area contributed by atoms with E-state index in [4.69, 9.17) is 10.5 Å². The molecule has 3 nitrogen and oxygen atoms in total. The summed E-state index contributed by atoms with van der Waals surface area (Å²) in [5.74, 6) is -0.334. The second-order valence-corrected chi connectivity index (χ2v) is 4.69. The van der Waals surface area contributed by atoms with Gasteiger partial charge < -0.3 is 10.5 Å². The summed E-state index contributed by atoms with van der Waals surface area (Å²) < 4.78 is 5.28. The van der Waals surface area contributed by atoms with Gasteiger partial charge in [-0.15, -0.1) is 0 Å². The first-order chi connectivity index (χ1) is 9.04. The van der Waals surface area contributed by atoms with Gasteiger partial charge in [0, 0.05) is 5.69 Å². The van der Waals surface area contributed by atoms with E-state index in [0.29, 0.717) is 11.3 Å². The quantitative estimate of drug-likeness (QED) is 0.676. The van der Waals surface area contributed by atoms with Crippen LogP contribution in [-0.4, -0.2) is 5.97 Å². The molecule has 19 heavy (non-hydrogen) atoms. The van der Waals surface area contributed by atoms with Crippen LogP contribution in [0.15, 0.2) is 42.5 Å².